The fraction of sp³-hybridized carbons (Fsp3) is 1.00. The Balaban J connectivity index is 3.71. The molecule has 0 saturated carbocycles. The molecule has 0 spiro atoms. The van der Waals surface area contributed by atoms with E-state index in [9.17, 15) is 0 Å². The van der Waals surface area contributed by atoms with Gasteiger partial charge in [0.2, 0.25) is 0 Å². The summed E-state index contributed by atoms with van der Waals surface area (Å²) in [7, 11) is 0. The number of unbranched alkanes of at least 4 members (excludes halogenated alkanes) is 17. The molecule has 0 rings (SSSR count). The van der Waals surface area contributed by atoms with Gasteiger partial charge in [-0.05, 0) is 45.1 Å². The summed E-state index contributed by atoms with van der Waals surface area (Å²) in [5.74, 6) is 0. The first-order valence-corrected chi connectivity index (χ1v) is 16.9. The van der Waals surface area contributed by atoms with Gasteiger partial charge in [-0.2, -0.15) is 0 Å². The molecule has 0 bridgehead atoms. The highest BCUT2D eigenvalue weighted by atomic mass is 127. The minimum Gasteiger partial charge on any atom is -0.378 e. The van der Waals surface area contributed by atoms with Crippen LogP contribution in [0.25, 0.3) is 0 Å². The van der Waals surface area contributed by atoms with Crippen LogP contribution in [0.15, 0.2) is 0 Å². The highest BCUT2D eigenvalue weighted by Gasteiger charge is 2.09. The molecule has 0 aromatic heterocycles. The van der Waals surface area contributed by atoms with Gasteiger partial charge in [-0.15, -0.1) is 0 Å². The van der Waals surface area contributed by atoms with Crippen LogP contribution in [0.4, 0.5) is 0 Å². The molecule has 0 aliphatic carbocycles. The Morgan fingerprint density at radius 2 is 0.882 bits per heavy atom. The second kappa shape index (κ2) is 29.9. The largest absolute Gasteiger partial charge is 0.378 e. The van der Waals surface area contributed by atoms with E-state index in [2.05, 4.69) is 36.4 Å². The fourth-order valence-corrected chi connectivity index (χ4v) is 5.76. The molecule has 3 heteroatoms. The van der Waals surface area contributed by atoms with Gasteiger partial charge in [0.25, 0.3) is 0 Å². The lowest BCUT2D eigenvalue weighted by atomic mass is 10.0. The van der Waals surface area contributed by atoms with Crippen molar-refractivity contribution in [2.24, 2.45) is 5.73 Å². The van der Waals surface area contributed by atoms with Gasteiger partial charge in [-0.3, -0.25) is 0 Å². The maximum atomic E-state index is 6.40. The molecule has 0 aliphatic rings. The van der Waals surface area contributed by atoms with Gasteiger partial charge in [-0.1, -0.05) is 158 Å². The summed E-state index contributed by atoms with van der Waals surface area (Å²) in [4.78, 5) is 0. The second-order valence-electron chi connectivity index (χ2n) is 10.8. The van der Waals surface area contributed by atoms with E-state index in [4.69, 9.17) is 10.5 Å². The SMILES string of the molecule is CCCCCCCCC(CCCCCCCC)OCCCCCCCCCC[C@@H](I)CCCN. The van der Waals surface area contributed by atoms with Crippen LogP contribution in [0.1, 0.15) is 174 Å². The van der Waals surface area contributed by atoms with Crippen LogP contribution in [0.3, 0.4) is 0 Å². The van der Waals surface area contributed by atoms with Gasteiger partial charge >= 0.3 is 0 Å². The molecule has 0 aliphatic heterocycles. The number of nitrogens with two attached hydrogens (primary N) is 1. The minimum absolute atomic E-state index is 0.531. The summed E-state index contributed by atoms with van der Waals surface area (Å²) in [6.45, 7) is 6.45. The van der Waals surface area contributed by atoms with E-state index in [0.29, 0.717) is 6.10 Å². The van der Waals surface area contributed by atoms with E-state index in [0.717, 1.165) is 17.1 Å². The average molecular weight is 594 g/mol. The van der Waals surface area contributed by atoms with Crippen molar-refractivity contribution in [3.05, 3.63) is 0 Å². The first-order valence-electron chi connectivity index (χ1n) is 15.7. The van der Waals surface area contributed by atoms with Gasteiger partial charge in [0.1, 0.15) is 0 Å². The summed E-state index contributed by atoms with van der Waals surface area (Å²) in [5, 5.41) is 0. The summed E-state index contributed by atoms with van der Waals surface area (Å²) < 4.78 is 7.24. The third-order valence-electron chi connectivity index (χ3n) is 7.25. The van der Waals surface area contributed by atoms with E-state index in [1.807, 2.05) is 0 Å². The predicted octanol–water partition coefficient (Wildman–Crippen LogP) is 10.9. The molecule has 2 N–H and O–H groups in total. The molecule has 34 heavy (non-hydrogen) atoms. The Hall–Kier alpha value is 0.650. The quantitative estimate of drug-likeness (QED) is 0.0532. The molecule has 0 radical (unpaired) electrons. The maximum Gasteiger partial charge on any atom is 0.0575 e. The van der Waals surface area contributed by atoms with Gasteiger partial charge in [0.15, 0.2) is 0 Å². The van der Waals surface area contributed by atoms with Crippen molar-refractivity contribution in [3.8, 4) is 0 Å². The smallest absolute Gasteiger partial charge is 0.0575 e. The lowest BCUT2D eigenvalue weighted by molar-refractivity contribution is 0.0357. The van der Waals surface area contributed by atoms with Gasteiger partial charge < -0.3 is 10.5 Å². The van der Waals surface area contributed by atoms with Crippen molar-refractivity contribution in [2.75, 3.05) is 13.2 Å². The summed E-state index contributed by atoms with van der Waals surface area (Å²) >= 11 is 2.62. The van der Waals surface area contributed by atoms with E-state index in [-0.39, 0.29) is 0 Å². The lowest BCUT2D eigenvalue weighted by Crippen LogP contribution is -2.14. The monoisotopic (exact) mass is 593 g/mol. The number of hydrogen-bond donors (Lipinski definition) is 1. The van der Waals surface area contributed by atoms with Crippen LogP contribution in [0.5, 0.6) is 0 Å². The van der Waals surface area contributed by atoms with E-state index in [1.54, 1.807) is 0 Å². The van der Waals surface area contributed by atoms with Gasteiger partial charge in [-0.25, -0.2) is 0 Å². The molecule has 0 fully saturated rings. The van der Waals surface area contributed by atoms with Crippen molar-refractivity contribution >= 4 is 22.6 Å². The maximum absolute atomic E-state index is 6.40. The zero-order valence-corrected chi connectivity index (χ0v) is 25.8. The van der Waals surface area contributed by atoms with Gasteiger partial charge in [0, 0.05) is 10.5 Å². The number of ether oxygens (including phenoxy) is 1. The van der Waals surface area contributed by atoms with Crippen LogP contribution < -0.4 is 5.73 Å². The molecule has 0 amide bonds. The highest BCUT2D eigenvalue weighted by molar-refractivity contribution is 14.1. The second-order valence-corrected chi connectivity index (χ2v) is 12.5. The van der Waals surface area contributed by atoms with Gasteiger partial charge in [0.05, 0.1) is 6.10 Å². The highest BCUT2D eigenvalue weighted by Crippen LogP contribution is 2.19. The predicted molar refractivity (Wildman–Crippen MR) is 163 cm³/mol. The Kier molecular flexibility index (Phi) is 30.4. The molecule has 0 saturated heterocycles. The van der Waals surface area contributed by atoms with Crippen molar-refractivity contribution in [1.29, 1.82) is 0 Å². The number of alkyl halides is 1. The molecular weight excluding hydrogens is 529 g/mol. The van der Waals surface area contributed by atoms with E-state index < -0.39 is 0 Å². The molecule has 0 heterocycles. The average Bonchev–Trinajstić information content (AvgIpc) is 2.84. The molecule has 0 aromatic carbocycles. The third kappa shape index (κ3) is 27.2. The Morgan fingerprint density at radius 3 is 1.35 bits per heavy atom. The lowest BCUT2D eigenvalue weighted by Gasteiger charge is -2.18. The van der Waals surface area contributed by atoms with Crippen molar-refractivity contribution in [1.82, 2.24) is 0 Å². The van der Waals surface area contributed by atoms with E-state index in [1.165, 1.54) is 161 Å². The van der Waals surface area contributed by atoms with E-state index >= 15 is 0 Å². The normalized spacial score (nSPS) is 12.6. The van der Waals surface area contributed by atoms with Crippen LogP contribution in [0.2, 0.25) is 0 Å². The van der Waals surface area contributed by atoms with Crippen LogP contribution in [0, 0.1) is 0 Å². The Bertz CT molecular complexity index is 349. The third-order valence-corrected chi connectivity index (χ3v) is 8.49. The number of hydrogen-bond acceptors (Lipinski definition) is 2. The number of halogens is 1. The standard InChI is InChI=1S/C31H64INO/c1-3-5-7-9-16-20-26-31(27-21-17-10-8-6-4-2)34-29-22-18-14-12-11-13-15-19-24-30(32)25-23-28-33/h30-31H,3-29,33H2,1-2H3/t30-/m1/s1. The zero-order valence-electron chi connectivity index (χ0n) is 23.6. The molecule has 0 unspecified atom stereocenters. The Morgan fingerprint density at radius 1 is 0.500 bits per heavy atom. The van der Waals surface area contributed by atoms with Crippen LogP contribution >= 0.6 is 22.6 Å². The first kappa shape index (κ1) is 34.6. The van der Waals surface area contributed by atoms with Crippen LogP contribution in [-0.2, 0) is 4.74 Å². The van der Waals surface area contributed by atoms with Crippen molar-refractivity contribution in [3.63, 3.8) is 0 Å². The topological polar surface area (TPSA) is 35.2 Å². The van der Waals surface area contributed by atoms with Crippen molar-refractivity contribution in [2.45, 2.75) is 184 Å². The van der Waals surface area contributed by atoms with Crippen molar-refractivity contribution < 1.29 is 4.74 Å². The minimum atomic E-state index is 0.531. The summed E-state index contributed by atoms with van der Waals surface area (Å²) in [6, 6.07) is 0. The molecule has 206 valence electrons. The summed E-state index contributed by atoms with van der Waals surface area (Å²) in [6.07, 6.45) is 34.9. The zero-order chi connectivity index (χ0) is 25.0. The molecule has 1 atom stereocenters. The number of rotatable bonds is 29. The molecular formula is C31H64INO. The van der Waals surface area contributed by atoms with Crippen LogP contribution in [-0.4, -0.2) is 23.2 Å². The Labute approximate surface area is 229 Å². The first-order chi connectivity index (χ1) is 16.7. The fourth-order valence-electron chi connectivity index (χ4n) is 4.88. The summed E-state index contributed by atoms with van der Waals surface area (Å²) in [5.41, 5.74) is 5.61. The molecule has 0 aromatic rings. The molecule has 2 nitrogen and oxygen atoms in total.